The van der Waals surface area contributed by atoms with Gasteiger partial charge in [-0.15, -0.1) is 0 Å². The normalized spacial score (nSPS) is 22.3. The van der Waals surface area contributed by atoms with Crippen molar-refractivity contribution < 1.29 is 24.4 Å². The highest BCUT2D eigenvalue weighted by Crippen LogP contribution is 2.34. The van der Waals surface area contributed by atoms with E-state index in [1.165, 1.54) is 11.1 Å². The van der Waals surface area contributed by atoms with Crippen LogP contribution in [-0.4, -0.2) is 42.1 Å². The molecular formula is C22H24N3O4+. The van der Waals surface area contributed by atoms with Crippen molar-refractivity contribution >= 4 is 17.5 Å². The molecule has 29 heavy (non-hydrogen) atoms. The van der Waals surface area contributed by atoms with Gasteiger partial charge in [-0.25, -0.2) is 0 Å². The Labute approximate surface area is 169 Å². The van der Waals surface area contributed by atoms with E-state index >= 15 is 0 Å². The number of amides is 2. The van der Waals surface area contributed by atoms with Gasteiger partial charge in [-0.2, -0.15) is 0 Å². The lowest BCUT2D eigenvalue weighted by atomic mass is 9.95. The Balaban J connectivity index is 1.27. The SMILES string of the molecule is O=C(Nc1ccc2c(c1)OCO2)[C@@H]1CCCN1C(=O)[C@@H]1Cc2ccccc2C[NH2+]1. The third-order valence-corrected chi connectivity index (χ3v) is 5.98. The van der Waals surface area contributed by atoms with Crippen molar-refractivity contribution in [3.63, 3.8) is 0 Å². The number of rotatable bonds is 3. The predicted octanol–water partition coefficient (Wildman–Crippen LogP) is 1.03. The summed E-state index contributed by atoms with van der Waals surface area (Å²) in [6, 6.07) is 13.0. The molecule has 0 radical (unpaired) electrons. The minimum absolute atomic E-state index is 0.0582. The van der Waals surface area contributed by atoms with Gasteiger partial charge in [0, 0.05) is 30.3 Å². The molecular weight excluding hydrogens is 370 g/mol. The molecule has 2 aromatic rings. The Morgan fingerprint density at radius 1 is 1.07 bits per heavy atom. The monoisotopic (exact) mass is 394 g/mol. The third-order valence-electron chi connectivity index (χ3n) is 5.98. The van der Waals surface area contributed by atoms with E-state index in [-0.39, 0.29) is 24.6 Å². The summed E-state index contributed by atoms with van der Waals surface area (Å²) in [7, 11) is 0. The summed E-state index contributed by atoms with van der Waals surface area (Å²) in [5, 5.41) is 5.03. The summed E-state index contributed by atoms with van der Waals surface area (Å²) in [5.74, 6) is 1.21. The van der Waals surface area contributed by atoms with Crippen molar-refractivity contribution in [3.8, 4) is 11.5 Å². The lowest BCUT2D eigenvalue weighted by Crippen LogP contribution is -2.93. The number of likely N-dealkylation sites (tertiary alicyclic amines) is 1. The predicted molar refractivity (Wildman–Crippen MR) is 105 cm³/mol. The zero-order valence-electron chi connectivity index (χ0n) is 16.1. The van der Waals surface area contributed by atoms with Gasteiger partial charge in [-0.3, -0.25) is 9.59 Å². The molecule has 0 aliphatic carbocycles. The number of nitrogens with two attached hydrogens (primary N) is 1. The quantitative estimate of drug-likeness (QED) is 0.815. The molecule has 1 fully saturated rings. The van der Waals surface area contributed by atoms with Crippen LogP contribution >= 0.6 is 0 Å². The first-order valence-corrected chi connectivity index (χ1v) is 10.1. The molecule has 2 aromatic carbocycles. The number of benzene rings is 2. The van der Waals surface area contributed by atoms with Crippen LogP contribution < -0.4 is 20.1 Å². The molecule has 0 saturated carbocycles. The van der Waals surface area contributed by atoms with Crippen LogP contribution in [0, 0.1) is 0 Å². The molecule has 1 saturated heterocycles. The van der Waals surface area contributed by atoms with Crippen LogP contribution in [0.5, 0.6) is 11.5 Å². The molecule has 2 atom stereocenters. The van der Waals surface area contributed by atoms with Crippen LogP contribution in [0.4, 0.5) is 5.69 Å². The smallest absolute Gasteiger partial charge is 0.281 e. The van der Waals surface area contributed by atoms with E-state index in [4.69, 9.17) is 9.47 Å². The van der Waals surface area contributed by atoms with Crippen LogP contribution in [0.25, 0.3) is 0 Å². The van der Waals surface area contributed by atoms with Crippen molar-refractivity contribution in [2.45, 2.75) is 37.9 Å². The molecule has 7 nitrogen and oxygen atoms in total. The summed E-state index contributed by atoms with van der Waals surface area (Å²) < 4.78 is 10.7. The lowest BCUT2D eigenvalue weighted by Gasteiger charge is -2.29. The van der Waals surface area contributed by atoms with E-state index in [0.717, 1.165) is 13.0 Å². The second-order valence-electron chi connectivity index (χ2n) is 7.77. The van der Waals surface area contributed by atoms with Gasteiger partial charge in [0.05, 0.1) is 0 Å². The van der Waals surface area contributed by atoms with Gasteiger partial charge in [0.15, 0.2) is 17.5 Å². The number of nitrogens with one attached hydrogen (secondary N) is 1. The fourth-order valence-corrected chi connectivity index (χ4v) is 4.45. The van der Waals surface area contributed by atoms with Crippen molar-refractivity contribution in [3.05, 3.63) is 53.6 Å². The molecule has 7 heteroatoms. The highest BCUT2D eigenvalue weighted by atomic mass is 16.7. The molecule has 2 amide bonds. The second kappa shape index (κ2) is 7.40. The number of hydrogen-bond donors (Lipinski definition) is 2. The number of anilines is 1. The Morgan fingerprint density at radius 3 is 2.79 bits per heavy atom. The van der Waals surface area contributed by atoms with Gasteiger partial charge in [0.2, 0.25) is 12.7 Å². The van der Waals surface area contributed by atoms with E-state index in [9.17, 15) is 9.59 Å². The highest BCUT2D eigenvalue weighted by Gasteiger charge is 2.39. The number of nitrogens with zero attached hydrogens (tertiary/aromatic N) is 1. The fraction of sp³-hybridized carbons (Fsp3) is 0.364. The van der Waals surface area contributed by atoms with Crippen molar-refractivity contribution in [1.29, 1.82) is 0 Å². The first-order valence-electron chi connectivity index (χ1n) is 10.1. The first-order chi connectivity index (χ1) is 14.2. The largest absolute Gasteiger partial charge is 0.454 e. The van der Waals surface area contributed by atoms with E-state index in [1.807, 2.05) is 12.1 Å². The van der Waals surface area contributed by atoms with Crippen LogP contribution in [0.3, 0.4) is 0 Å². The summed E-state index contributed by atoms with van der Waals surface area (Å²) >= 11 is 0. The second-order valence-corrected chi connectivity index (χ2v) is 7.77. The Kier molecular flexibility index (Phi) is 4.60. The van der Waals surface area contributed by atoms with Crippen LogP contribution in [0.1, 0.15) is 24.0 Å². The number of carbonyl (C=O) groups excluding carboxylic acids is 2. The Morgan fingerprint density at radius 2 is 1.90 bits per heavy atom. The number of ether oxygens (including phenoxy) is 2. The Bertz CT molecular complexity index is 961. The summed E-state index contributed by atoms with van der Waals surface area (Å²) in [6.45, 7) is 1.62. The molecule has 0 aromatic heterocycles. The maximum Gasteiger partial charge on any atom is 0.281 e. The van der Waals surface area contributed by atoms with Crippen LogP contribution in [0.15, 0.2) is 42.5 Å². The van der Waals surface area contributed by atoms with Gasteiger partial charge in [0.25, 0.3) is 5.91 Å². The molecule has 3 N–H and O–H groups in total. The molecule has 3 aliphatic rings. The van der Waals surface area contributed by atoms with Gasteiger partial charge < -0.3 is 25.0 Å². The van der Waals surface area contributed by atoms with Crippen molar-refractivity contribution in [1.82, 2.24) is 4.90 Å². The number of fused-ring (bicyclic) bond motifs is 2. The average Bonchev–Trinajstić information content (AvgIpc) is 3.42. The standard InChI is InChI=1S/C22H23N3O4/c26-21(24-16-7-8-19-20(11-16)29-13-28-19)18-6-3-9-25(18)22(27)17-10-14-4-1-2-5-15(14)12-23-17/h1-2,4-5,7-8,11,17-18,23H,3,6,9-10,12-13H2,(H,24,26)/p+1/t17-,18-/m0/s1. The third kappa shape index (κ3) is 3.42. The molecule has 0 bridgehead atoms. The van der Waals surface area contributed by atoms with Gasteiger partial charge in [-0.05, 0) is 30.5 Å². The summed E-state index contributed by atoms with van der Waals surface area (Å²) in [5.41, 5.74) is 3.17. The van der Waals surface area contributed by atoms with Crippen LogP contribution in [0.2, 0.25) is 0 Å². The maximum atomic E-state index is 13.2. The maximum absolute atomic E-state index is 13.2. The molecule has 0 spiro atoms. The van der Waals surface area contributed by atoms with E-state index in [0.29, 0.717) is 36.6 Å². The number of hydrogen-bond acceptors (Lipinski definition) is 4. The van der Waals surface area contributed by atoms with E-state index < -0.39 is 6.04 Å². The highest BCUT2D eigenvalue weighted by molar-refractivity contribution is 5.98. The fourth-order valence-electron chi connectivity index (χ4n) is 4.45. The molecule has 3 heterocycles. The minimum atomic E-state index is -0.432. The van der Waals surface area contributed by atoms with E-state index in [2.05, 4.69) is 22.8 Å². The number of quaternary nitrogens is 1. The zero-order chi connectivity index (χ0) is 19.8. The topological polar surface area (TPSA) is 84.5 Å². The lowest BCUT2D eigenvalue weighted by molar-refractivity contribution is -0.695. The van der Waals surface area contributed by atoms with Gasteiger partial charge >= 0.3 is 0 Å². The molecule has 5 rings (SSSR count). The molecule has 150 valence electrons. The van der Waals surface area contributed by atoms with Gasteiger partial charge in [0.1, 0.15) is 12.6 Å². The van der Waals surface area contributed by atoms with E-state index in [1.54, 1.807) is 23.1 Å². The summed E-state index contributed by atoms with van der Waals surface area (Å²) in [6.07, 6.45) is 2.24. The number of carbonyl (C=O) groups is 2. The minimum Gasteiger partial charge on any atom is -0.454 e. The molecule has 0 unspecified atom stereocenters. The van der Waals surface area contributed by atoms with Crippen LogP contribution in [-0.2, 0) is 22.6 Å². The summed E-state index contributed by atoms with van der Waals surface area (Å²) in [4.78, 5) is 27.9. The van der Waals surface area contributed by atoms with Crippen molar-refractivity contribution in [2.75, 3.05) is 18.7 Å². The zero-order valence-corrected chi connectivity index (χ0v) is 16.1. The average molecular weight is 394 g/mol. The van der Waals surface area contributed by atoms with Crippen molar-refractivity contribution in [2.24, 2.45) is 0 Å². The first kappa shape index (κ1) is 18.0. The van der Waals surface area contributed by atoms with Gasteiger partial charge in [-0.1, -0.05) is 24.3 Å². The Hall–Kier alpha value is -3.06. The molecule has 3 aliphatic heterocycles.